The lowest BCUT2D eigenvalue weighted by Gasteiger charge is -2.41. The van der Waals surface area contributed by atoms with E-state index in [9.17, 15) is 14.9 Å². The number of ketones is 1. The summed E-state index contributed by atoms with van der Waals surface area (Å²) in [6, 6.07) is 17.0. The molecule has 1 fully saturated rings. The summed E-state index contributed by atoms with van der Waals surface area (Å²) in [5, 5.41) is 17.7. The number of nitrogens with zero attached hydrogens (tertiary/aromatic N) is 2. The maximum Gasteiger partial charge on any atom is 0.269 e. The summed E-state index contributed by atoms with van der Waals surface area (Å²) in [5.74, 6) is 0.108. The van der Waals surface area contributed by atoms with Gasteiger partial charge in [0.2, 0.25) is 0 Å². The number of fused-ring (bicyclic) bond motifs is 4. The third kappa shape index (κ3) is 3.75. The van der Waals surface area contributed by atoms with E-state index >= 15 is 0 Å². The van der Waals surface area contributed by atoms with Gasteiger partial charge in [-0.1, -0.05) is 44.2 Å². The molecule has 0 aromatic heterocycles. The van der Waals surface area contributed by atoms with Gasteiger partial charge in [0.05, 0.1) is 24.2 Å². The average Bonchev–Trinajstić information content (AvgIpc) is 2.87. The molecular formula is C29H29N3O4. The maximum atomic E-state index is 13.8. The number of Topliss-reactive ketones (excluding diaryl/α,β-unsaturated/α-hetero) is 1. The molecule has 7 heteroatoms. The summed E-state index contributed by atoms with van der Waals surface area (Å²) in [7, 11) is 0. The fourth-order valence-electron chi connectivity index (χ4n) is 6.05. The molecule has 0 unspecified atom stereocenters. The van der Waals surface area contributed by atoms with Gasteiger partial charge in [0.25, 0.3) is 5.69 Å². The van der Waals surface area contributed by atoms with Gasteiger partial charge in [-0.2, -0.15) is 0 Å². The number of ether oxygens (including phenoxy) is 1. The van der Waals surface area contributed by atoms with Crippen LogP contribution in [0.5, 0.6) is 0 Å². The van der Waals surface area contributed by atoms with Crippen molar-refractivity contribution in [3.63, 3.8) is 0 Å². The fourth-order valence-corrected chi connectivity index (χ4v) is 6.05. The molecule has 2 aliphatic heterocycles. The summed E-state index contributed by atoms with van der Waals surface area (Å²) in [5.41, 5.74) is 5.39. The predicted octanol–water partition coefficient (Wildman–Crippen LogP) is 5.89. The summed E-state index contributed by atoms with van der Waals surface area (Å²) >= 11 is 0. The number of nitro groups is 1. The molecule has 6 rings (SSSR count). The minimum atomic E-state index is -0.463. The number of nitrogens with one attached hydrogen (secondary N) is 1. The average molecular weight is 484 g/mol. The Morgan fingerprint density at radius 1 is 1.06 bits per heavy atom. The monoisotopic (exact) mass is 483 g/mol. The predicted molar refractivity (Wildman–Crippen MR) is 141 cm³/mol. The Labute approximate surface area is 209 Å². The minimum absolute atomic E-state index is 0.0267. The molecule has 0 radical (unpaired) electrons. The molecular weight excluding hydrogens is 454 g/mol. The molecule has 0 spiro atoms. The van der Waals surface area contributed by atoms with Crippen molar-refractivity contribution in [2.45, 2.75) is 32.7 Å². The lowest BCUT2D eigenvalue weighted by Crippen LogP contribution is -2.38. The molecule has 36 heavy (non-hydrogen) atoms. The highest BCUT2D eigenvalue weighted by Gasteiger charge is 2.42. The molecule has 3 aromatic carbocycles. The topological polar surface area (TPSA) is 84.7 Å². The van der Waals surface area contributed by atoms with E-state index in [1.165, 1.54) is 0 Å². The van der Waals surface area contributed by atoms with Crippen LogP contribution >= 0.6 is 0 Å². The van der Waals surface area contributed by atoms with Gasteiger partial charge in [-0.15, -0.1) is 0 Å². The third-order valence-corrected chi connectivity index (χ3v) is 7.62. The first-order valence-electron chi connectivity index (χ1n) is 12.5. The summed E-state index contributed by atoms with van der Waals surface area (Å²) in [6.07, 6.45) is 1.22. The third-order valence-electron chi connectivity index (χ3n) is 7.62. The van der Waals surface area contributed by atoms with Crippen molar-refractivity contribution < 1.29 is 14.5 Å². The van der Waals surface area contributed by atoms with Crippen molar-refractivity contribution in [1.29, 1.82) is 0 Å². The summed E-state index contributed by atoms with van der Waals surface area (Å²) in [6.45, 7) is 6.89. The molecule has 0 amide bonds. The number of morpholine rings is 1. The van der Waals surface area contributed by atoms with Gasteiger partial charge in [0, 0.05) is 59.7 Å². The van der Waals surface area contributed by atoms with Crippen LogP contribution in [0, 0.1) is 15.5 Å². The number of hydrogen-bond acceptors (Lipinski definition) is 6. The highest BCUT2D eigenvalue weighted by Crippen LogP contribution is 2.53. The van der Waals surface area contributed by atoms with E-state index in [2.05, 4.69) is 48.3 Å². The van der Waals surface area contributed by atoms with Crippen LogP contribution in [0.15, 0.2) is 60.2 Å². The van der Waals surface area contributed by atoms with E-state index < -0.39 is 6.04 Å². The Morgan fingerprint density at radius 2 is 1.83 bits per heavy atom. The van der Waals surface area contributed by atoms with Gasteiger partial charge in [0.15, 0.2) is 5.78 Å². The molecule has 1 N–H and O–H groups in total. The molecule has 7 nitrogen and oxygen atoms in total. The highest BCUT2D eigenvalue weighted by atomic mass is 16.6. The number of nitro benzene ring substituents is 1. The minimum Gasteiger partial charge on any atom is -0.378 e. The van der Waals surface area contributed by atoms with Crippen LogP contribution in [-0.4, -0.2) is 37.0 Å². The van der Waals surface area contributed by atoms with Crippen LogP contribution in [0.1, 0.15) is 43.9 Å². The zero-order valence-electron chi connectivity index (χ0n) is 20.5. The zero-order chi connectivity index (χ0) is 25.0. The Balaban J connectivity index is 1.60. The Kier molecular flexibility index (Phi) is 5.34. The van der Waals surface area contributed by atoms with Crippen LogP contribution in [0.4, 0.5) is 17.1 Å². The normalized spacial score (nSPS) is 21.1. The second kappa shape index (κ2) is 8.45. The van der Waals surface area contributed by atoms with E-state index in [1.807, 2.05) is 18.2 Å². The number of non-ortho nitro benzene ring substituents is 1. The first-order valence-corrected chi connectivity index (χ1v) is 12.5. The second-order valence-corrected chi connectivity index (χ2v) is 10.7. The van der Waals surface area contributed by atoms with E-state index in [1.54, 1.807) is 12.1 Å². The Bertz CT molecular complexity index is 1440. The second-order valence-electron chi connectivity index (χ2n) is 10.7. The van der Waals surface area contributed by atoms with E-state index in [0.717, 1.165) is 50.8 Å². The molecule has 0 saturated carbocycles. The molecule has 184 valence electrons. The quantitative estimate of drug-likeness (QED) is 0.369. The van der Waals surface area contributed by atoms with Crippen molar-refractivity contribution >= 4 is 39.2 Å². The fraction of sp³-hybridized carbons (Fsp3) is 0.345. The summed E-state index contributed by atoms with van der Waals surface area (Å²) in [4.78, 5) is 27.4. The van der Waals surface area contributed by atoms with Crippen molar-refractivity contribution in [2.24, 2.45) is 5.41 Å². The molecule has 1 atom stereocenters. The lowest BCUT2D eigenvalue weighted by atomic mass is 9.67. The Morgan fingerprint density at radius 3 is 2.61 bits per heavy atom. The maximum absolute atomic E-state index is 13.8. The first kappa shape index (κ1) is 22.7. The van der Waals surface area contributed by atoms with Gasteiger partial charge >= 0.3 is 0 Å². The number of allylic oxidation sites excluding steroid dienone is 1. The Hall–Kier alpha value is -3.71. The number of rotatable bonds is 3. The van der Waals surface area contributed by atoms with Crippen LogP contribution in [0.25, 0.3) is 16.3 Å². The van der Waals surface area contributed by atoms with Crippen molar-refractivity contribution in [3.05, 3.63) is 81.4 Å². The number of benzene rings is 3. The van der Waals surface area contributed by atoms with Crippen molar-refractivity contribution in [3.8, 4) is 0 Å². The molecule has 1 aliphatic carbocycles. The van der Waals surface area contributed by atoms with Crippen LogP contribution < -0.4 is 10.2 Å². The van der Waals surface area contributed by atoms with E-state index in [0.29, 0.717) is 32.7 Å². The first-order chi connectivity index (χ1) is 17.3. The van der Waals surface area contributed by atoms with Gasteiger partial charge in [-0.3, -0.25) is 14.9 Å². The van der Waals surface area contributed by atoms with Gasteiger partial charge in [-0.25, -0.2) is 0 Å². The molecule has 2 heterocycles. The van der Waals surface area contributed by atoms with Crippen molar-refractivity contribution in [2.75, 3.05) is 36.5 Å². The van der Waals surface area contributed by atoms with Gasteiger partial charge in [0.1, 0.15) is 0 Å². The standard InChI is InChI=1S/C29H29N3O4/c1-29(2)16-22-26-20-6-4-3-5-18(20)7-9-23(26)30-28(27(22)25(33)17-29)21-15-19(32(34)35)8-10-24(21)31-11-13-36-14-12-31/h3-10,15,28,30H,11-14,16-17H2,1-2H3/t28-/m1/s1. The van der Waals surface area contributed by atoms with Gasteiger partial charge < -0.3 is 15.0 Å². The molecule has 0 bridgehead atoms. The largest absolute Gasteiger partial charge is 0.378 e. The van der Waals surface area contributed by atoms with E-state index in [4.69, 9.17) is 4.74 Å². The molecule has 3 aliphatic rings. The number of hydrogen-bond donors (Lipinski definition) is 1. The summed E-state index contributed by atoms with van der Waals surface area (Å²) < 4.78 is 5.55. The van der Waals surface area contributed by atoms with Crippen LogP contribution in [-0.2, 0) is 9.53 Å². The number of carbonyl (C=O) groups is 1. The number of anilines is 2. The van der Waals surface area contributed by atoms with Crippen LogP contribution in [0.3, 0.4) is 0 Å². The highest BCUT2D eigenvalue weighted by molar-refractivity contribution is 6.13. The lowest BCUT2D eigenvalue weighted by molar-refractivity contribution is -0.384. The molecule has 3 aromatic rings. The van der Waals surface area contributed by atoms with Crippen molar-refractivity contribution in [1.82, 2.24) is 0 Å². The molecule has 1 saturated heterocycles. The zero-order valence-corrected chi connectivity index (χ0v) is 20.5. The SMILES string of the molecule is CC1(C)CC(=O)C2=C(C1)c1c(ccc3ccccc13)N[C@@H]2c1cc([N+](=O)[O-])ccc1N1CCOCC1. The van der Waals surface area contributed by atoms with E-state index in [-0.39, 0.29) is 21.8 Å². The number of carbonyl (C=O) groups excluding carboxylic acids is 1. The van der Waals surface area contributed by atoms with Crippen LogP contribution in [0.2, 0.25) is 0 Å². The smallest absolute Gasteiger partial charge is 0.269 e. The van der Waals surface area contributed by atoms with Gasteiger partial charge in [-0.05, 0) is 40.3 Å².